The van der Waals surface area contributed by atoms with Gasteiger partial charge < -0.3 is 14.6 Å². The summed E-state index contributed by atoms with van der Waals surface area (Å²) in [5.41, 5.74) is -0.566. The number of alkyl halides is 3. The van der Waals surface area contributed by atoms with Gasteiger partial charge in [0.25, 0.3) is 0 Å². The Morgan fingerprint density at radius 1 is 1.36 bits per heavy atom. The van der Waals surface area contributed by atoms with Crippen molar-refractivity contribution in [3.05, 3.63) is 41.7 Å². The zero-order valence-electron chi connectivity index (χ0n) is 13.3. The molecule has 0 saturated carbocycles. The molecule has 1 aromatic carbocycles. The Labute approximate surface area is 145 Å². The van der Waals surface area contributed by atoms with Gasteiger partial charge in [-0.25, -0.2) is 9.78 Å². The number of benzene rings is 1. The number of hydrogen-bond acceptors (Lipinski definition) is 5. The Morgan fingerprint density at radius 2 is 2.08 bits per heavy atom. The molecule has 1 amide bonds. The van der Waals surface area contributed by atoms with Gasteiger partial charge in [-0.15, -0.1) is 0 Å². The summed E-state index contributed by atoms with van der Waals surface area (Å²) < 4.78 is 44.0. The molecule has 1 heterocycles. The second kappa shape index (κ2) is 7.60. The molecule has 134 valence electrons. The van der Waals surface area contributed by atoms with Crippen LogP contribution >= 0.6 is 11.8 Å². The molecule has 0 bridgehead atoms. The average Bonchev–Trinajstić information content (AvgIpc) is 2.92. The fourth-order valence-electron chi connectivity index (χ4n) is 1.92. The first kappa shape index (κ1) is 18.8. The minimum Gasteiger partial charge on any atom is -0.464 e. The van der Waals surface area contributed by atoms with Crippen LogP contribution < -0.4 is 5.32 Å². The number of aromatic nitrogens is 2. The van der Waals surface area contributed by atoms with Crippen molar-refractivity contribution >= 4 is 29.3 Å². The SMILES string of the molecule is COC(=O)c1cnc(SCC(=O)Nc2cccc(C(F)(F)F)c2)n1C. The smallest absolute Gasteiger partial charge is 0.416 e. The van der Waals surface area contributed by atoms with Crippen LogP contribution in [0.15, 0.2) is 35.6 Å². The molecular weight excluding hydrogens is 359 g/mol. The van der Waals surface area contributed by atoms with E-state index in [1.807, 2.05) is 0 Å². The quantitative estimate of drug-likeness (QED) is 0.644. The van der Waals surface area contributed by atoms with Crippen LogP contribution in [0.5, 0.6) is 0 Å². The van der Waals surface area contributed by atoms with Gasteiger partial charge in [-0.05, 0) is 18.2 Å². The number of methoxy groups -OCH3 is 1. The van der Waals surface area contributed by atoms with Crippen LogP contribution in [0.2, 0.25) is 0 Å². The Bertz CT molecular complexity index is 790. The van der Waals surface area contributed by atoms with E-state index in [9.17, 15) is 22.8 Å². The topological polar surface area (TPSA) is 73.2 Å². The third-order valence-electron chi connectivity index (χ3n) is 3.15. The number of nitrogens with one attached hydrogen (secondary N) is 1. The highest BCUT2D eigenvalue weighted by atomic mass is 32.2. The van der Waals surface area contributed by atoms with Gasteiger partial charge in [-0.3, -0.25) is 4.79 Å². The lowest BCUT2D eigenvalue weighted by Crippen LogP contribution is -2.15. The number of anilines is 1. The van der Waals surface area contributed by atoms with Crippen molar-refractivity contribution < 1.29 is 27.5 Å². The van der Waals surface area contributed by atoms with Crippen LogP contribution in [0.3, 0.4) is 0 Å². The number of halogens is 3. The summed E-state index contributed by atoms with van der Waals surface area (Å²) in [6, 6.07) is 4.37. The van der Waals surface area contributed by atoms with Crippen LogP contribution in [0.1, 0.15) is 16.1 Å². The number of amides is 1. The van der Waals surface area contributed by atoms with Gasteiger partial charge in [0, 0.05) is 12.7 Å². The Morgan fingerprint density at radius 3 is 2.72 bits per heavy atom. The second-order valence-electron chi connectivity index (χ2n) is 4.89. The minimum absolute atomic E-state index is 0.0514. The normalized spacial score (nSPS) is 11.2. The number of imidazole rings is 1. The molecule has 0 radical (unpaired) electrons. The van der Waals surface area contributed by atoms with Gasteiger partial charge in [0.15, 0.2) is 5.16 Å². The van der Waals surface area contributed by atoms with E-state index in [0.717, 1.165) is 23.9 Å². The molecule has 0 atom stereocenters. The van der Waals surface area contributed by atoms with Crippen molar-refractivity contribution in [2.75, 3.05) is 18.2 Å². The monoisotopic (exact) mass is 373 g/mol. The number of nitrogens with zero attached hydrogens (tertiary/aromatic N) is 2. The van der Waals surface area contributed by atoms with Crippen molar-refractivity contribution in [2.24, 2.45) is 7.05 Å². The molecule has 0 fully saturated rings. The van der Waals surface area contributed by atoms with E-state index in [4.69, 9.17) is 0 Å². The number of carbonyl (C=O) groups excluding carboxylic acids is 2. The predicted octanol–water partition coefficient (Wildman–Crippen LogP) is 2.96. The second-order valence-corrected chi connectivity index (χ2v) is 5.83. The molecule has 1 aromatic heterocycles. The first-order chi connectivity index (χ1) is 11.7. The number of esters is 1. The number of rotatable bonds is 5. The molecule has 0 spiro atoms. The first-order valence-corrected chi connectivity index (χ1v) is 7.91. The summed E-state index contributed by atoms with van der Waals surface area (Å²) in [4.78, 5) is 27.4. The first-order valence-electron chi connectivity index (χ1n) is 6.92. The van der Waals surface area contributed by atoms with Gasteiger partial charge in [-0.1, -0.05) is 17.8 Å². The van der Waals surface area contributed by atoms with Crippen LogP contribution in [-0.2, 0) is 22.8 Å². The summed E-state index contributed by atoms with van der Waals surface area (Å²) in [6.07, 6.45) is -3.16. The molecule has 6 nitrogen and oxygen atoms in total. The minimum atomic E-state index is -4.48. The van der Waals surface area contributed by atoms with E-state index in [1.54, 1.807) is 7.05 Å². The summed E-state index contributed by atoms with van der Waals surface area (Å²) in [7, 11) is 2.83. The van der Waals surface area contributed by atoms with Crippen molar-refractivity contribution in [3.63, 3.8) is 0 Å². The van der Waals surface area contributed by atoms with Crippen LogP contribution in [0.25, 0.3) is 0 Å². The standard InChI is InChI=1S/C15H14F3N3O3S/c1-21-11(13(23)24-2)7-19-14(21)25-8-12(22)20-10-5-3-4-9(6-10)15(16,17)18/h3-7H,8H2,1-2H3,(H,20,22). The number of hydrogen-bond donors (Lipinski definition) is 1. The maximum Gasteiger partial charge on any atom is 0.416 e. The number of thioether (sulfide) groups is 1. The molecule has 0 aliphatic carbocycles. The molecule has 0 unspecified atom stereocenters. The molecule has 1 N–H and O–H groups in total. The van der Waals surface area contributed by atoms with E-state index in [-0.39, 0.29) is 17.1 Å². The molecule has 0 saturated heterocycles. The molecular formula is C15H14F3N3O3S. The molecule has 10 heteroatoms. The summed E-state index contributed by atoms with van der Waals surface area (Å²) >= 11 is 1.04. The van der Waals surface area contributed by atoms with E-state index in [1.165, 1.54) is 30.0 Å². The van der Waals surface area contributed by atoms with E-state index >= 15 is 0 Å². The van der Waals surface area contributed by atoms with Gasteiger partial charge in [0.05, 0.1) is 24.6 Å². The van der Waals surface area contributed by atoms with Gasteiger partial charge in [0.1, 0.15) is 5.69 Å². The lowest BCUT2D eigenvalue weighted by atomic mass is 10.2. The van der Waals surface area contributed by atoms with E-state index in [2.05, 4.69) is 15.0 Å². The lowest BCUT2D eigenvalue weighted by Gasteiger charge is -2.10. The number of carbonyl (C=O) groups is 2. The molecule has 2 aromatic rings. The molecule has 2 rings (SSSR count). The van der Waals surface area contributed by atoms with Crippen molar-refractivity contribution in [1.82, 2.24) is 9.55 Å². The lowest BCUT2D eigenvalue weighted by molar-refractivity contribution is -0.137. The van der Waals surface area contributed by atoms with Crippen molar-refractivity contribution in [1.29, 1.82) is 0 Å². The highest BCUT2D eigenvalue weighted by Crippen LogP contribution is 2.30. The Balaban J connectivity index is 1.98. The predicted molar refractivity (Wildman–Crippen MR) is 85.3 cm³/mol. The Hall–Kier alpha value is -2.49. The zero-order valence-corrected chi connectivity index (χ0v) is 14.1. The third-order valence-corrected chi connectivity index (χ3v) is 4.19. The fraction of sp³-hybridized carbons (Fsp3) is 0.267. The van der Waals surface area contributed by atoms with Crippen molar-refractivity contribution in [2.45, 2.75) is 11.3 Å². The molecule has 0 aliphatic rings. The highest BCUT2D eigenvalue weighted by Gasteiger charge is 2.30. The van der Waals surface area contributed by atoms with E-state index < -0.39 is 23.6 Å². The summed E-state index contributed by atoms with van der Waals surface area (Å²) in [5, 5.41) is 2.80. The van der Waals surface area contributed by atoms with Crippen LogP contribution in [0.4, 0.5) is 18.9 Å². The van der Waals surface area contributed by atoms with E-state index in [0.29, 0.717) is 5.16 Å². The molecule has 25 heavy (non-hydrogen) atoms. The maximum absolute atomic E-state index is 12.7. The summed E-state index contributed by atoms with van der Waals surface area (Å²) in [6.45, 7) is 0. The maximum atomic E-state index is 12.7. The van der Waals surface area contributed by atoms with Gasteiger partial charge in [-0.2, -0.15) is 13.2 Å². The Kier molecular flexibility index (Phi) is 5.73. The number of ether oxygens (including phenoxy) is 1. The van der Waals surface area contributed by atoms with Gasteiger partial charge in [0.2, 0.25) is 5.91 Å². The van der Waals surface area contributed by atoms with Crippen molar-refractivity contribution in [3.8, 4) is 0 Å². The highest BCUT2D eigenvalue weighted by molar-refractivity contribution is 7.99. The van der Waals surface area contributed by atoms with Gasteiger partial charge >= 0.3 is 12.1 Å². The summed E-state index contributed by atoms with van der Waals surface area (Å²) in [5.74, 6) is -1.14. The van der Waals surface area contributed by atoms with Crippen LogP contribution in [0, 0.1) is 0 Å². The fourth-order valence-corrected chi connectivity index (χ4v) is 2.67. The molecule has 0 aliphatic heterocycles. The average molecular weight is 373 g/mol. The van der Waals surface area contributed by atoms with Crippen LogP contribution in [-0.4, -0.2) is 34.3 Å². The third kappa shape index (κ3) is 4.75. The zero-order chi connectivity index (χ0) is 18.6. The largest absolute Gasteiger partial charge is 0.464 e.